The van der Waals surface area contributed by atoms with Crippen molar-refractivity contribution in [1.82, 2.24) is 9.88 Å². The van der Waals surface area contributed by atoms with Crippen LogP contribution in [0.2, 0.25) is 0 Å². The lowest BCUT2D eigenvalue weighted by atomic mass is 10.2. The zero-order valence-electron chi connectivity index (χ0n) is 10.2. The third-order valence-corrected chi connectivity index (χ3v) is 2.26. The molecule has 0 aliphatic rings. The van der Waals surface area contributed by atoms with Gasteiger partial charge >= 0.3 is 0 Å². The number of hydrogen-bond donors (Lipinski definition) is 3. The molecule has 3 amide bonds. The molecule has 102 valence electrons. The van der Waals surface area contributed by atoms with Crippen LogP contribution in [0.25, 0.3) is 0 Å². The Balaban J connectivity index is 2.90. The van der Waals surface area contributed by atoms with Gasteiger partial charge in [-0.3, -0.25) is 19.4 Å². The molecule has 0 unspecified atom stereocenters. The summed E-state index contributed by atoms with van der Waals surface area (Å²) >= 11 is 0. The van der Waals surface area contributed by atoms with Gasteiger partial charge in [0, 0.05) is 12.7 Å². The normalized spacial score (nSPS) is 9.95. The molecule has 0 aromatic carbocycles. The molecule has 0 aliphatic heterocycles. The first kappa shape index (κ1) is 14.6. The first-order valence-electron chi connectivity index (χ1n) is 5.45. The lowest BCUT2D eigenvalue weighted by Crippen LogP contribution is -2.43. The fourth-order valence-electron chi connectivity index (χ4n) is 1.41. The summed E-state index contributed by atoms with van der Waals surface area (Å²) in [5.41, 5.74) is 16.3. The van der Waals surface area contributed by atoms with Crippen molar-refractivity contribution in [2.45, 2.75) is 6.54 Å². The SMILES string of the molecule is NCc1ccc(C(=O)N(CC(N)=O)CC(N)=O)nc1. The molecule has 8 heteroatoms. The summed E-state index contributed by atoms with van der Waals surface area (Å²) in [5.74, 6) is -2.08. The second-order valence-electron chi connectivity index (χ2n) is 3.85. The van der Waals surface area contributed by atoms with Crippen molar-refractivity contribution in [2.75, 3.05) is 13.1 Å². The van der Waals surface area contributed by atoms with Crippen molar-refractivity contribution >= 4 is 17.7 Å². The Bertz CT molecular complexity index is 470. The van der Waals surface area contributed by atoms with E-state index >= 15 is 0 Å². The quantitative estimate of drug-likeness (QED) is 0.542. The van der Waals surface area contributed by atoms with Crippen molar-refractivity contribution < 1.29 is 14.4 Å². The van der Waals surface area contributed by atoms with Gasteiger partial charge in [0.05, 0.1) is 0 Å². The number of rotatable bonds is 6. The molecule has 0 saturated carbocycles. The molecule has 6 N–H and O–H groups in total. The smallest absolute Gasteiger partial charge is 0.273 e. The van der Waals surface area contributed by atoms with Gasteiger partial charge in [-0.25, -0.2) is 0 Å². The Kier molecular flexibility index (Phi) is 4.95. The number of hydrogen-bond acceptors (Lipinski definition) is 5. The number of carbonyl (C=O) groups excluding carboxylic acids is 3. The van der Waals surface area contributed by atoms with Gasteiger partial charge in [-0.1, -0.05) is 6.07 Å². The maximum atomic E-state index is 12.0. The number of primary amides is 2. The fraction of sp³-hybridized carbons (Fsp3) is 0.273. The fourth-order valence-corrected chi connectivity index (χ4v) is 1.41. The standard InChI is InChI=1S/C11H15N5O3/c12-3-7-1-2-8(15-4-7)11(19)16(5-9(13)17)6-10(14)18/h1-2,4H,3,5-6,12H2,(H2,13,17)(H2,14,18). The molecular formula is C11H15N5O3. The summed E-state index contributed by atoms with van der Waals surface area (Å²) in [4.78, 5) is 38.6. The Morgan fingerprint density at radius 1 is 1.11 bits per heavy atom. The number of pyridine rings is 1. The molecule has 1 aromatic rings. The molecule has 0 spiro atoms. The van der Waals surface area contributed by atoms with Gasteiger partial charge in [0.1, 0.15) is 18.8 Å². The van der Waals surface area contributed by atoms with Crippen molar-refractivity contribution in [1.29, 1.82) is 0 Å². The van der Waals surface area contributed by atoms with Crippen LogP contribution in [0.1, 0.15) is 16.1 Å². The molecule has 0 saturated heterocycles. The van der Waals surface area contributed by atoms with E-state index in [1.807, 2.05) is 0 Å². The molecule has 0 bridgehead atoms. The van der Waals surface area contributed by atoms with Crippen LogP contribution >= 0.6 is 0 Å². The Labute approximate surface area is 109 Å². The van der Waals surface area contributed by atoms with E-state index in [9.17, 15) is 14.4 Å². The Morgan fingerprint density at radius 3 is 2.05 bits per heavy atom. The van der Waals surface area contributed by atoms with E-state index in [1.54, 1.807) is 6.07 Å². The molecule has 0 aliphatic carbocycles. The summed E-state index contributed by atoms with van der Waals surface area (Å²) in [6, 6.07) is 3.09. The van der Waals surface area contributed by atoms with Crippen LogP contribution in [0, 0.1) is 0 Å². The van der Waals surface area contributed by atoms with E-state index in [0.717, 1.165) is 10.5 Å². The largest absolute Gasteiger partial charge is 0.368 e. The maximum Gasteiger partial charge on any atom is 0.273 e. The number of nitrogens with two attached hydrogens (primary N) is 3. The third kappa shape index (κ3) is 4.36. The van der Waals surface area contributed by atoms with E-state index in [2.05, 4.69) is 4.98 Å². The predicted octanol–water partition coefficient (Wildman–Crippen LogP) is -2.05. The second-order valence-corrected chi connectivity index (χ2v) is 3.85. The van der Waals surface area contributed by atoms with Crippen LogP contribution in [-0.2, 0) is 16.1 Å². The van der Waals surface area contributed by atoms with Crippen LogP contribution in [0.3, 0.4) is 0 Å². The molecule has 0 atom stereocenters. The lowest BCUT2D eigenvalue weighted by Gasteiger charge is -2.18. The minimum atomic E-state index is -0.742. The predicted molar refractivity (Wildman–Crippen MR) is 66.4 cm³/mol. The summed E-state index contributed by atoms with van der Waals surface area (Å²) in [5, 5.41) is 0. The highest BCUT2D eigenvalue weighted by Gasteiger charge is 2.20. The minimum Gasteiger partial charge on any atom is -0.368 e. The van der Waals surface area contributed by atoms with E-state index in [4.69, 9.17) is 17.2 Å². The topological polar surface area (TPSA) is 145 Å². The van der Waals surface area contributed by atoms with Crippen molar-refractivity contribution in [2.24, 2.45) is 17.2 Å². The average molecular weight is 265 g/mol. The first-order chi connectivity index (χ1) is 8.93. The number of amides is 3. The zero-order chi connectivity index (χ0) is 14.4. The molecule has 1 heterocycles. The summed E-state index contributed by atoms with van der Waals surface area (Å²) in [7, 11) is 0. The van der Waals surface area contributed by atoms with Crippen LogP contribution in [0.15, 0.2) is 18.3 Å². The van der Waals surface area contributed by atoms with Gasteiger partial charge in [-0.15, -0.1) is 0 Å². The van der Waals surface area contributed by atoms with Crippen molar-refractivity contribution in [3.63, 3.8) is 0 Å². The Morgan fingerprint density at radius 2 is 1.68 bits per heavy atom. The Hall–Kier alpha value is -2.48. The van der Waals surface area contributed by atoms with Gasteiger partial charge in [-0.2, -0.15) is 0 Å². The monoisotopic (exact) mass is 265 g/mol. The van der Waals surface area contributed by atoms with Crippen molar-refractivity contribution in [3.8, 4) is 0 Å². The minimum absolute atomic E-state index is 0.0831. The van der Waals surface area contributed by atoms with Gasteiger partial charge in [0.25, 0.3) is 5.91 Å². The van der Waals surface area contributed by atoms with E-state index in [1.165, 1.54) is 12.3 Å². The molecule has 1 rings (SSSR count). The summed E-state index contributed by atoms with van der Waals surface area (Å²) in [6.45, 7) is -0.502. The molecule has 1 aromatic heterocycles. The van der Waals surface area contributed by atoms with Crippen LogP contribution < -0.4 is 17.2 Å². The van der Waals surface area contributed by atoms with Crippen LogP contribution in [0.4, 0.5) is 0 Å². The number of nitrogens with zero attached hydrogens (tertiary/aromatic N) is 2. The highest BCUT2D eigenvalue weighted by molar-refractivity contribution is 5.96. The summed E-state index contributed by atoms with van der Waals surface area (Å²) < 4.78 is 0. The van der Waals surface area contributed by atoms with Gasteiger partial charge in [0.2, 0.25) is 11.8 Å². The van der Waals surface area contributed by atoms with Gasteiger partial charge in [0.15, 0.2) is 0 Å². The zero-order valence-corrected chi connectivity index (χ0v) is 10.2. The molecular weight excluding hydrogens is 250 g/mol. The summed E-state index contributed by atoms with van der Waals surface area (Å²) in [6.07, 6.45) is 1.44. The van der Waals surface area contributed by atoms with E-state index < -0.39 is 30.8 Å². The third-order valence-electron chi connectivity index (χ3n) is 2.26. The lowest BCUT2D eigenvalue weighted by molar-refractivity contribution is -0.121. The highest BCUT2D eigenvalue weighted by Crippen LogP contribution is 2.04. The average Bonchev–Trinajstić information content (AvgIpc) is 2.36. The number of carbonyl (C=O) groups is 3. The van der Waals surface area contributed by atoms with Gasteiger partial charge in [-0.05, 0) is 11.6 Å². The van der Waals surface area contributed by atoms with E-state index in [0.29, 0.717) is 6.54 Å². The van der Waals surface area contributed by atoms with Crippen molar-refractivity contribution in [3.05, 3.63) is 29.6 Å². The van der Waals surface area contributed by atoms with E-state index in [-0.39, 0.29) is 5.69 Å². The molecule has 19 heavy (non-hydrogen) atoms. The van der Waals surface area contributed by atoms with Gasteiger partial charge < -0.3 is 22.1 Å². The molecule has 8 nitrogen and oxygen atoms in total. The maximum absolute atomic E-state index is 12.0. The first-order valence-corrected chi connectivity index (χ1v) is 5.45. The van der Waals surface area contributed by atoms with Crippen LogP contribution in [0.5, 0.6) is 0 Å². The number of aromatic nitrogens is 1. The second kappa shape index (κ2) is 6.45. The highest BCUT2D eigenvalue weighted by atomic mass is 16.2. The molecule has 0 fully saturated rings. The molecule has 0 radical (unpaired) electrons. The van der Waals surface area contributed by atoms with Crippen LogP contribution in [-0.4, -0.2) is 40.7 Å².